The molecule has 0 spiro atoms. The lowest BCUT2D eigenvalue weighted by Crippen LogP contribution is -2.71. The minimum absolute atomic E-state index is 0.118. The number of fused-ring (bicyclic) bond motifs is 1. The van der Waals surface area contributed by atoms with Gasteiger partial charge in [0.15, 0.2) is 10.8 Å². The number of thiazole rings is 1. The molecule has 1 unspecified atom stereocenters. The summed E-state index contributed by atoms with van der Waals surface area (Å²) in [5.41, 5.74) is 6.17. The van der Waals surface area contributed by atoms with Crippen molar-refractivity contribution in [2.24, 2.45) is 5.16 Å². The summed E-state index contributed by atoms with van der Waals surface area (Å²) >= 11 is 3.68. The smallest absolute Gasteiger partial charge is 0.352 e. The van der Waals surface area contributed by atoms with E-state index in [1.165, 1.54) is 33.1 Å². The van der Waals surface area contributed by atoms with Crippen LogP contribution in [0, 0.1) is 12.3 Å². The first-order chi connectivity index (χ1) is 17.7. The Morgan fingerprint density at radius 3 is 2.92 bits per heavy atom. The number of nitrogen functional groups attached to an aromatic ring is 1. The highest BCUT2D eigenvalue weighted by Gasteiger charge is 2.54. The van der Waals surface area contributed by atoms with Crippen LogP contribution in [-0.4, -0.2) is 87.7 Å². The Balaban J connectivity index is 1.49. The van der Waals surface area contributed by atoms with E-state index < -0.39 is 29.2 Å². The third-order valence-electron chi connectivity index (χ3n) is 4.99. The minimum Gasteiger partial charge on any atom is -0.477 e. The summed E-state index contributed by atoms with van der Waals surface area (Å²) in [4.78, 5) is 48.7. The number of anilines is 1. The van der Waals surface area contributed by atoms with Crippen molar-refractivity contribution in [1.82, 2.24) is 35.4 Å². The van der Waals surface area contributed by atoms with Gasteiger partial charge in [-0.05, 0) is 29.8 Å². The maximum absolute atomic E-state index is 13.0. The van der Waals surface area contributed by atoms with Gasteiger partial charge in [-0.2, -0.15) is 0 Å². The Morgan fingerprint density at radius 1 is 1.49 bits per heavy atom. The first-order valence-corrected chi connectivity index (χ1v) is 13.6. The van der Waals surface area contributed by atoms with Crippen molar-refractivity contribution in [3.63, 3.8) is 0 Å². The van der Waals surface area contributed by atoms with Crippen molar-refractivity contribution in [2.45, 2.75) is 43.1 Å². The molecule has 2 aliphatic rings. The van der Waals surface area contributed by atoms with Gasteiger partial charge in [-0.25, -0.2) is 14.5 Å². The van der Waals surface area contributed by atoms with E-state index in [0.29, 0.717) is 16.5 Å². The van der Waals surface area contributed by atoms with Gasteiger partial charge < -0.3 is 21.0 Å². The summed E-state index contributed by atoms with van der Waals surface area (Å²) in [6.07, 6.45) is 5.01. The minimum atomic E-state index is -1.24. The number of amides is 2. The highest BCUT2D eigenvalue weighted by atomic mass is 32.2. The Morgan fingerprint density at radius 2 is 2.27 bits per heavy atom. The standard InChI is InChI=1S/C20H21N9O5S3/c1-4-5-28-20(24-26-27-28)37-7-10-6-35-17-13(16(31)29(17)14(10)18(32)33)23-15(30)12(25-34-9(2)3)11-8-36-19(21)22-11/h1,8-9,13,17H,5-7H2,2-3H3,(H2,21,22)(H,23,30)(H,32,33)/b25-12-/t13?,17-/m1/s1. The number of rotatable bonds is 10. The molecule has 1 saturated heterocycles. The molecule has 0 saturated carbocycles. The van der Waals surface area contributed by atoms with E-state index in [2.05, 4.69) is 36.9 Å². The van der Waals surface area contributed by atoms with Crippen molar-refractivity contribution in [3.05, 3.63) is 22.3 Å². The van der Waals surface area contributed by atoms with E-state index in [4.69, 9.17) is 17.0 Å². The van der Waals surface area contributed by atoms with E-state index in [1.54, 1.807) is 19.2 Å². The molecule has 2 atom stereocenters. The number of oxime groups is 1. The van der Waals surface area contributed by atoms with Crippen molar-refractivity contribution in [1.29, 1.82) is 0 Å². The Bertz CT molecular complexity index is 1330. The number of nitrogens with two attached hydrogens (primary N) is 1. The van der Waals surface area contributed by atoms with Gasteiger partial charge in [0, 0.05) is 16.9 Å². The summed E-state index contributed by atoms with van der Waals surface area (Å²) in [6.45, 7) is 3.65. The second-order valence-corrected chi connectivity index (χ2v) is 10.8. The van der Waals surface area contributed by atoms with Crippen LogP contribution in [0.15, 0.2) is 27.0 Å². The fraction of sp³-hybridized carbons (Fsp3) is 0.400. The normalized spacial score (nSPS) is 19.4. The third kappa shape index (κ3) is 5.55. The van der Waals surface area contributed by atoms with E-state index in [0.717, 1.165) is 11.3 Å². The van der Waals surface area contributed by atoms with Gasteiger partial charge in [-0.1, -0.05) is 22.8 Å². The van der Waals surface area contributed by atoms with E-state index >= 15 is 0 Å². The monoisotopic (exact) mass is 563 g/mol. The summed E-state index contributed by atoms with van der Waals surface area (Å²) < 4.78 is 1.42. The van der Waals surface area contributed by atoms with Gasteiger partial charge in [-0.15, -0.1) is 34.6 Å². The Labute approximate surface area is 223 Å². The molecular formula is C20H21N9O5S3. The number of thioether (sulfide) groups is 2. The van der Waals surface area contributed by atoms with Crippen molar-refractivity contribution in [2.75, 3.05) is 17.2 Å². The molecule has 4 N–H and O–H groups in total. The third-order valence-corrected chi connectivity index (χ3v) is 8.04. The summed E-state index contributed by atoms with van der Waals surface area (Å²) in [5.74, 6) is 0.521. The molecule has 14 nitrogen and oxygen atoms in total. The summed E-state index contributed by atoms with van der Waals surface area (Å²) in [5, 5.41) is 29.3. The maximum atomic E-state index is 13.0. The fourth-order valence-corrected chi connectivity index (χ4v) is 6.31. The molecule has 4 rings (SSSR count). The summed E-state index contributed by atoms with van der Waals surface area (Å²) in [6, 6.07) is -0.954. The number of terminal acetylenes is 1. The molecule has 0 radical (unpaired) electrons. The lowest BCUT2D eigenvalue weighted by molar-refractivity contribution is -0.150. The average Bonchev–Trinajstić information content (AvgIpc) is 3.49. The van der Waals surface area contributed by atoms with E-state index in [9.17, 15) is 19.5 Å². The average molecular weight is 564 g/mol. The number of hydrogen-bond donors (Lipinski definition) is 3. The van der Waals surface area contributed by atoms with Gasteiger partial charge >= 0.3 is 5.97 Å². The van der Waals surface area contributed by atoms with Gasteiger partial charge in [0.2, 0.25) is 5.16 Å². The lowest BCUT2D eigenvalue weighted by Gasteiger charge is -2.49. The molecule has 2 aliphatic heterocycles. The number of aliphatic carboxylic acids is 1. The Hall–Kier alpha value is -3.62. The predicted octanol–water partition coefficient (Wildman–Crippen LogP) is 0.00500. The van der Waals surface area contributed by atoms with Crippen LogP contribution in [0.1, 0.15) is 19.5 Å². The quantitative estimate of drug-likeness (QED) is 0.115. The molecule has 2 amide bonds. The molecule has 4 heterocycles. The van der Waals surface area contributed by atoms with Crippen molar-refractivity contribution < 1.29 is 24.3 Å². The Kier molecular flexibility index (Phi) is 8.00. The zero-order chi connectivity index (χ0) is 26.7. The van der Waals surface area contributed by atoms with E-state index in [-0.39, 0.29) is 40.6 Å². The topological polar surface area (TPSA) is 191 Å². The zero-order valence-electron chi connectivity index (χ0n) is 19.5. The molecule has 0 aliphatic carbocycles. The van der Waals surface area contributed by atoms with Crippen LogP contribution < -0.4 is 11.1 Å². The second-order valence-electron chi connectivity index (χ2n) is 7.90. The first-order valence-electron chi connectivity index (χ1n) is 10.7. The van der Waals surface area contributed by atoms with Crippen LogP contribution in [0.5, 0.6) is 0 Å². The van der Waals surface area contributed by atoms with Crippen LogP contribution >= 0.6 is 34.9 Å². The number of β-lactam (4-membered cyclic amide) rings is 1. The SMILES string of the molecule is C#CCn1nnnc1SCC1=C(C(=O)O)N2C(=O)C(NC(=O)/C(=N\OC(C)C)c3csc(N)n3)[C@H]2SC1. The number of carbonyl (C=O) groups is 3. The molecule has 0 aromatic carbocycles. The van der Waals surface area contributed by atoms with Crippen LogP contribution in [-0.2, 0) is 25.8 Å². The number of carboxylic acids is 1. The number of carboxylic acid groups (broad SMARTS) is 1. The molecule has 2 aromatic heterocycles. The lowest BCUT2D eigenvalue weighted by atomic mass is 10.0. The van der Waals surface area contributed by atoms with Crippen LogP contribution in [0.4, 0.5) is 5.13 Å². The highest BCUT2D eigenvalue weighted by molar-refractivity contribution is 8.01. The highest BCUT2D eigenvalue weighted by Crippen LogP contribution is 2.41. The molecule has 37 heavy (non-hydrogen) atoms. The largest absolute Gasteiger partial charge is 0.477 e. The molecule has 17 heteroatoms. The van der Waals surface area contributed by atoms with Gasteiger partial charge in [-0.3, -0.25) is 14.5 Å². The van der Waals surface area contributed by atoms with Crippen LogP contribution in [0.2, 0.25) is 0 Å². The van der Waals surface area contributed by atoms with Crippen molar-refractivity contribution in [3.8, 4) is 12.3 Å². The first kappa shape index (κ1) is 26.4. The molecule has 2 aromatic rings. The number of nitrogens with one attached hydrogen (secondary N) is 1. The van der Waals surface area contributed by atoms with Crippen molar-refractivity contribution >= 4 is 63.5 Å². The van der Waals surface area contributed by atoms with Gasteiger partial charge in [0.25, 0.3) is 11.8 Å². The van der Waals surface area contributed by atoms with Gasteiger partial charge in [0.1, 0.15) is 35.5 Å². The molecule has 0 bridgehead atoms. The fourth-order valence-electron chi connectivity index (χ4n) is 3.40. The van der Waals surface area contributed by atoms with Gasteiger partial charge in [0.05, 0.1) is 0 Å². The summed E-state index contributed by atoms with van der Waals surface area (Å²) in [7, 11) is 0. The number of carbonyl (C=O) groups excluding carboxylic acids is 2. The molecule has 1 fully saturated rings. The molecular weight excluding hydrogens is 542 g/mol. The number of tetrazole rings is 1. The maximum Gasteiger partial charge on any atom is 0.352 e. The number of nitrogens with zero attached hydrogens (tertiary/aromatic N) is 7. The zero-order valence-corrected chi connectivity index (χ0v) is 22.0. The second kappa shape index (κ2) is 11.2. The molecule has 194 valence electrons. The number of aromatic nitrogens is 5. The van der Waals surface area contributed by atoms with E-state index in [1.807, 2.05) is 0 Å². The van der Waals surface area contributed by atoms with Crippen LogP contribution in [0.25, 0.3) is 0 Å². The van der Waals surface area contributed by atoms with Crippen LogP contribution in [0.3, 0.4) is 0 Å². The predicted molar refractivity (Wildman–Crippen MR) is 136 cm³/mol. The number of hydrogen-bond acceptors (Lipinski definition) is 13.